The third-order valence-corrected chi connectivity index (χ3v) is 5.52. The van der Waals surface area contributed by atoms with Crippen LogP contribution in [0.25, 0.3) is 10.2 Å². The largest absolute Gasteiger partial charge is 0.332 e. The summed E-state index contributed by atoms with van der Waals surface area (Å²) >= 11 is 2.85. The Morgan fingerprint density at radius 1 is 1.11 bits per heavy atom. The molecule has 5 nitrogen and oxygen atoms in total. The Morgan fingerprint density at radius 2 is 1.93 bits per heavy atom. The number of hydrogen-bond acceptors (Lipinski definition) is 6. The molecule has 0 aliphatic heterocycles. The van der Waals surface area contributed by atoms with Crippen LogP contribution in [-0.4, -0.2) is 15.9 Å². The average Bonchev–Trinajstić information content (AvgIpc) is 3.22. The van der Waals surface area contributed by atoms with Gasteiger partial charge < -0.3 is 10.6 Å². The molecule has 2 N–H and O–H groups in total. The van der Waals surface area contributed by atoms with E-state index < -0.39 is 0 Å². The van der Waals surface area contributed by atoms with Gasteiger partial charge in [-0.1, -0.05) is 17.4 Å². The van der Waals surface area contributed by atoms with Crippen molar-refractivity contribution in [3.8, 4) is 0 Å². The summed E-state index contributed by atoms with van der Waals surface area (Å²) in [5.41, 5.74) is 3.44. The van der Waals surface area contributed by atoms with Crippen LogP contribution in [0.5, 0.6) is 0 Å². The fraction of sp³-hybridized carbons (Fsp3) is 0.105. The fourth-order valence-electron chi connectivity index (χ4n) is 2.52. The molecule has 0 atom stereocenters. The van der Waals surface area contributed by atoms with Crippen molar-refractivity contribution in [3.63, 3.8) is 0 Å². The highest BCUT2D eigenvalue weighted by Crippen LogP contribution is 2.27. The molecule has 0 fully saturated rings. The second kappa shape index (κ2) is 7.42. The molecule has 8 heteroatoms. The van der Waals surface area contributed by atoms with E-state index in [1.54, 1.807) is 12.1 Å². The highest BCUT2D eigenvalue weighted by atomic mass is 32.1. The van der Waals surface area contributed by atoms with E-state index in [9.17, 15) is 9.18 Å². The zero-order valence-corrected chi connectivity index (χ0v) is 16.0. The summed E-state index contributed by atoms with van der Waals surface area (Å²) in [6.07, 6.45) is 0.163. The molecular formula is C19H15FN4OS2. The lowest BCUT2D eigenvalue weighted by Crippen LogP contribution is -2.14. The van der Waals surface area contributed by atoms with Crippen LogP contribution >= 0.6 is 22.7 Å². The van der Waals surface area contributed by atoms with Crippen LogP contribution in [0.15, 0.2) is 47.8 Å². The van der Waals surface area contributed by atoms with Gasteiger partial charge in [-0.15, -0.1) is 11.3 Å². The van der Waals surface area contributed by atoms with Gasteiger partial charge in [-0.2, -0.15) is 0 Å². The summed E-state index contributed by atoms with van der Waals surface area (Å²) in [4.78, 5) is 21.1. The Bertz CT molecular complexity index is 1100. The van der Waals surface area contributed by atoms with Gasteiger partial charge in [0.1, 0.15) is 5.82 Å². The summed E-state index contributed by atoms with van der Waals surface area (Å²) in [5.74, 6) is -0.452. The van der Waals surface area contributed by atoms with Crippen molar-refractivity contribution in [3.05, 3.63) is 64.9 Å². The molecule has 4 aromatic rings. The zero-order valence-electron chi connectivity index (χ0n) is 14.3. The molecule has 2 aromatic heterocycles. The summed E-state index contributed by atoms with van der Waals surface area (Å²) in [6.45, 7) is 2.03. The molecule has 0 radical (unpaired) electrons. The maximum absolute atomic E-state index is 13.0. The topological polar surface area (TPSA) is 66.9 Å². The summed E-state index contributed by atoms with van der Waals surface area (Å²) < 4.78 is 14.0. The minimum Gasteiger partial charge on any atom is -0.332 e. The van der Waals surface area contributed by atoms with E-state index in [0.29, 0.717) is 16.0 Å². The molecule has 2 aromatic carbocycles. The van der Waals surface area contributed by atoms with Crippen molar-refractivity contribution in [1.82, 2.24) is 9.97 Å². The van der Waals surface area contributed by atoms with E-state index in [-0.39, 0.29) is 18.1 Å². The number of halogens is 1. The number of thiazole rings is 2. The summed E-state index contributed by atoms with van der Waals surface area (Å²) in [5, 5.41) is 8.99. The normalized spacial score (nSPS) is 10.9. The van der Waals surface area contributed by atoms with E-state index in [1.807, 2.05) is 24.4 Å². The van der Waals surface area contributed by atoms with Crippen LogP contribution in [0, 0.1) is 12.7 Å². The predicted molar refractivity (Wildman–Crippen MR) is 108 cm³/mol. The molecule has 0 aliphatic rings. The Labute approximate surface area is 162 Å². The van der Waals surface area contributed by atoms with Gasteiger partial charge in [0.15, 0.2) is 10.3 Å². The first-order valence-corrected chi connectivity index (χ1v) is 9.89. The van der Waals surface area contributed by atoms with Crippen molar-refractivity contribution in [2.24, 2.45) is 0 Å². The smallest absolute Gasteiger partial charge is 0.232 e. The molecule has 0 unspecified atom stereocenters. The first-order valence-electron chi connectivity index (χ1n) is 8.19. The van der Waals surface area contributed by atoms with Gasteiger partial charge in [0.2, 0.25) is 5.91 Å². The number of amides is 1. The lowest BCUT2D eigenvalue weighted by molar-refractivity contribution is -0.115. The van der Waals surface area contributed by atoms with Gasteiger partial charge in [-0.25, -0.2) is 14.4 Å². The predicted octanol–water partition coefficient (Wildman–Crippen LogP) is 5.13. The van der Waals surface area contributed by atoms with Gasteiger partial charge in [-0.05, 0) is 48.9 Å². The molecule has 0 saturated carbocycles. The van der Waals surface area contributed by atoms with Crippen molar-refractivity contribution >= 4 is 54.7 Å². The molecule has 4 rings (SSSR count). The minimum absolute atomic E-state index is 0.163. The SMILES string of the molecule is Cc1ccc2nc(NC(=O)Cc3csc(Nc4ccc(F)cc4)n3)sc2c1. The molecule has 0 saturated heterocycles. The fourth-order valence-corrected chi connectivity index (χ4v) is 4.23. The summed E-state index contributed by atoms with van der Waals surface area (Å²) in [6, 6.07) is 12.0. The number of fused-ring (bicyclic) bond motifs is 1. The third kappa shape index (κ3) is 4.29. The molecule has 27 heavy (non-hydrogen) atoms. The average molecular weight is 398 g/mol. The Morgan fingerprint density at radius 3 is 2.74 bits per heavy atom. The van der Waals surface area contributed by atoms with Crippen LogP contribution in [0.2, 0.25) is 0 Å². The number of carbonyl (C=O) groups excluding carboxylic acids is 1. The van der Waals surface area contributed by atoms with Crippen LogP contribution in [0.4, 0.5) is 20.3 Å². The lowest BCUT2D eigenvalue weighted by atomic mass is 10.2. The summed E-state index contributed by atoms with van der Waals surface area (Å²) in [7, 11) is 0. The first-order chi connectivity index (χ1) is 13.0. The van der Waals surface area contributed by atoms with E-state index in [4.69, 9.17) is 0 Å². The Balaban J connectivity index is 1.39. The van der Waals surface area contributed by atoms with Gasteiger partial charge in [0.05, 0.1) is 22.3 Å². The molecule has 2 heterocycles. The second-order valence-electron chi connectivity index (χ2n) is 5.99. The van der Waals surface area contributed by atoms with Gasteiger partial charge in [0, 0.05) is 11.1 Å². The van der Waals surface area contributed by atoms with E-state index in [1.165, 1.54) is 34.8 Å². The highest BCUT2D eigenvalue weighted by molar-refractivity contribution is 7.22. The Hall–Kier alpha value is -2.84. The number of carbonyl (C=O) groups is 1. The minimum atomic E-state index is -0.290. The molecule has 0 bridgehead atoms. The number of aryl methyl sites for hydroxylation is 1. The molecule has 1 amide bonds. The van der Waals surface area contributed by atoms with Crippen LogP contribution in [-0.2, 0) is 11.2 Å². The van der Waals surface area contributed by atoms with Crippen LogP contribution in [0.3, 0.4) is 0 Å². The maximum Gasteiger partial charge on any atom is 0.232 e. The quantitative estimate of drug-likeness (QED) is 0.489. The van der Waals surface area contributed by atoms with E-state index in [2.05, 4.69) is 26.7 Å². The number of rotatable bonds is 5. The zero-order chi connectivity index (χ0) is 18.8. The van der Waals surface area contributed by atoms with Gasteiger partial charge >= 0.3 is 0 Å². The lowest BCUT2D eigenvalue weighted by Gasteiger charge is -2.01. The number of benzene rings is 2. The van der Waals surface area contributed by atoms with Crippen molar-refractivity contribution in [2.45, 2.75) is 13.3 Å². The van der Waals surface area contributed by atoms with Gasteiger partial charge in [0.25, 0.3) is 0 Å². The third-order valence-electron chi connectivity index (χ3n) is 3.78. The van der Waals surface area contributed by atoms with Crippen molar-refractivity contribution in [2.75, 3.05) is 10.6 Å². The number of nitrogens with one attached hydrogen (secondary N) is 2. The number of nitrogens with zero attached hydrogens (tertiary/aromatic N) is 2. The Kier molecular flexibility index (Phi) is 4.83. The molecular weight excluding hydrogens is 383 g/mol. The van der Waals surface area contributed by atoms with E-state index >= 15 is 0 Å². The number of anilines is 3. The highest BCUT2D eigenvalue weighted by Gasteiger charge is 2.11. The van der Waals surface area contributed by atoms with Crippen molar-refractivity contribution < 1.29 is 9.18 Å². The number of aromatic nitrogens is 2. The van der Waals surface area contributed by atoms with Gasteiger partial charge in [-0.3, -0.25) is 4.79 Å². The monoisotopic (exact) mass is 398 g/mol. The standard InChI is InChI=1S/C19H15FN4OS2/c1-11-2-7-15-16(8-11)27-19(23-15)24-17(25)9-14-10-26-18(22-14)21-13-5-3-12(20)4-6-13/h2-8,10H,9H2,1H3,(H,21,22)(H,23,24,25). The molecule has 136 valence electrons. The number of hydrogen-bond donors (Lipinski definition) is 2. The van der Waals surface area contributed by atoms with Crippen LogP contribution < -0.4 is 10.6 Å². The first kappa shape index (κ1) is 17.6. The maximum atomic E-state index is 13.0. The molecule has 0 aliphatic carbocycles. The van der Waals surface area contributed by atoms with E-state index in [0.717, 1.165) is 21.5 Å². The molecule has 0 spiro atoms. The second-order valence-corrected chi connectivity index (χ2v) is 7.88. The van der Waals surface area contributed by atoms with Crippen LogP contribution in [0.1, 0.15) is 11.3 Å². The van der Waals surface area contributed by atoms with Crippen molar-refractivity contribution in [1.29, 1.82) is 0 Å².